The first-order valence-corrected chi connectivity index (χ1v) is 8.21. The van der Waals surface area contributed by atoms with E-state index in [1.807, 2.05) is 30.5 Å². The highest BCUT2D eigenvalue weighted by Gasteiger charge is 2.19. The van der Waals surface area contributed by atoms with Crippen LogP contribution in [0.2, 0.25) is 0 Å². The topological polar surface area (TPSA) is 32.3 Å². The molecule has 0 aliphatic carbocycles. The maximum atomic E-state index is 13.4. The molecular formula is C19H19FN4. The van der Waals surface area contributed by atoms with Gasteiger partial charge in [0.1, 0.15) is 5.82 Å². The standard InChI is InChI=1S/C19H19FN4/c20-15-4-5-17-18(13-15)22-8-6-19(17)24-11-9-23(10-12-24)14-16-3-1-2-7-21-16/h1-8,13H,9-12,14H2. The van der Waals surface area contributed by atoms with Crippen molar-refractivity contribution in [3.8, 4) is 0 Å². The second-order valence-corrected chi connectivity index (χ2v) is 6.08. The van der Waals surface area contributed by atoms with E-state index in [9.17, 15) is 4.39 Å². The first-order chi connectivity index (χ1) is 11.8. The summed E-state index contributed by atoms with van der Waals surface area (Å²) in [5.41, 5.74) is 2.96. The van der Waals surface area contributed by atoms with Crippen LogP contribution in [0.25, 0.3) is 10.9 Å². The number of pyridine rings is 2. The Kier molecular flexibility index (Phi) is 4.09. The minimum Gasteiger partial charge on any atom is -0.368 e. The summed E-state index contributed by atoms with van der Waals surface area (Å²) in [5.74, 6) is -0.243. The molecule has 4 rings (SSSR count). The van der Waals surface area contributed by atoms with Crippen LogP contribution in [0.3, 0.4) is 0 Å². The number of rotatable bonds is 3. The van der Waals surface area contributed by atoms with Gasteiger partial charge < -0.3 is 4.90 Å². The summed E-state index contributed by atoms with van der Waals surface area (Å²) >= 11 is 0. The summed E-state index contributed by atoms with van der Waals surface area (Å²) in [6.45, 7) is 4.76. The number of hydrogen-bond donors (Lipinski definition) is 0. The van der Waals surface area contributed by atoms with Gasteiger partial charge in [0.2, 0.25) is 0 Å². The molecule has 1 fully saturated rings. The molecule has 3 aromatic rings. The average Bonchev–Trinajstić information content (AvgIpc) is 2.62. The molecule has 1 saturated heterocycles. The van der Waals surface area contributed by atoms with E-state index in [1.165, 1.54) is 12.1 Å². The molecule has 0 radical (unpaired) electrons. The van der Waals surface area contributed by atoms with Gasteiger partial charge in [0.25, 0.3) is 0 Å². The molecule has 0 bridgehead atoms. The van der Waals surface area contributed by atoms with Crippen molar-refractivity contribution >= 4 is 16.6 Å². The molecule has 122 valence electrons. The zero-order valence-corrected chi connectivity index (χ0v) is 13.4. The smallest absolute Gasteiger partial charge is 0.125 e. The van der Waals surface area contributed by atoms with E-state index < -0.39 is 0 Å². The summed E-state index contributed by atoms with van der Waals surface area (Å²) < 4.78 is 13.4. The van der Waals surface area contributed by atoms with E-state index in [2.05, 4.69) is 25.8 Å². The molecule has 5 heteroatoms. The lowest BCUT2D eigenvalue weighted by molar-refractivity contribution is 0.247. The van der Waals surface area contributed by atoms with Gasteiger partial charge in [-0.15, -0.1) is 0 Å². The van der Waals surface area contributed by atoms with E-state index in [1.54, 1.807) is 6.20 Å². The van der Waals surface area contributed by atoms with Crippen LogP contribution in [0, 0.1) is 5.82 Å². The average molecular weight is 322 g/mol. The zero-order chi connectivity index (χ0) is 16.4. The Bertz CT molecular complexity index is 829. The number of benzene rings is 1. The predicted octanol–water partition coefficient (Wildman–Crippen LogP) is 3.09. The predicted molar refractivity (Wildman–Crippen MR) is 93.4 cm³/mol. The Morgan fingerprint density at radius 3 is 2.58 bits per heavy atom. The molecule has 3 heterocycles. The van der Waals surface area contributed by atoms with Crippen molar-refractivity contribution in [2.45, 2.75) is 6.54 Å². The lowest BCUT2D eigenvalue weighted by Gasteiger charge is -2.36. The Morgan fingerprint density at radius 2 is 1.79 bits per heavy atom. The lowest BCUT2D eigenvalue weighted by atomic mass is 10.1. The van der Waals surface area contributed by atoms with Crippen LogP contribution in [0.1, 0.15) is 5.69 Å². The van der Waals surface area contributed by atoms with Crippen molar-refractivity contribution in [2.24, 2.45) is 0 Å². The second kappa shape index (κ2) is 6.53. The fraction of sp³-hybridized carbons (Fsp3) is 0.263. The van der Waals surface area contributed by atoms with E-state index in [0.29, 0.717) is 5.52 Å². The van der Waals surface area contributed by atoms with Crippen molar-refractivity contribution < 1.29 is 4.39 Å². The molecule has 2 aromatic heterocycles. The highest BCUT2D eigenvalue weighted by atomic mass is 19.1. The van der Waals surface area contributed by atoms with Gasteiger partial charge in [0.15, 0.2) is 0 Å². The van der Waals surface area contributed by atoms with Crippen LogP contribution < -0.4 is 4.90 Å². The molecule has 24 heavy (non-hydrogen) atoms. The summed E-state index contributed by atoms with van der Waals surface area (Å²) in [5, 5.41) is 1.01. The quantitative estimate of drug-likeness (QED) is 0.742. The van der Waals surface area contributed by atoms with Crippen LogP contribution in [-0.2, 0) is 6.54 Å². The van der Waals surface area contributed by atoms with E-state index in [-0.39, 0.29) is 5.82 Å². The normalized spacial score (nSPS) is 15.8. The van der Waals surface area contributed by atoms with Gasteiger partial charge in [-0.1, -0.05) is 6.07 Å². The summed E-state index contributed by atoms with van der Waals surface area (Å²) in [7, 11) is 0. The van der Waals surface area contributed by atoms with E-state index in [0.717, 1.165) is 49.5 Å². The van der Waals surface area contributed by atoms with Crippen LogP contribution in [-0.4, -0.2) is 41.0 Å². The SMILES string of the molecule is Fc1ccc2c(N3CCN(Cc4ccccn4)CC3)ccnc2c1. The van der Waals surface area contributed by atoms with Crippen LogP contribution in [0.15, 0.2) is 54.9 Å². The largest absolute Gasteiger partial charge is 0.368 e. The van der Waals surface area contributed by atoms with Crippen LogP contribution in [0.5, 0.6) is 0 Å². The maximum absolute atomic E-state index is 13.4. The minimum atomic E-state index is -0.243. The number of halogens is 1. The first-order valence-electron chi connectivity index (χ1n) is 8.21. The number of aromatic nitrogens is 2. The van der Waals surface area contributed by atoms with Gasteiger partial charge in [0.05, 0.1) is 11.2 Å². The maximum Gasteiger partial charge on any atom is 0.125 e. The number of nitrogens with zero attached hydrogens (tertiary/aromatic N) is 4. The highest BCUT2D eigenvalue weighted by molar-refractivity contribution is 5.91. The van der Waals surface area contributed by atoms with Gasteiger partial charge in [-0.3, -0.25) is 14.9 Å². The summed E-state index contributed by atoms with van der Waals surface area (Å²) in [4.78, 5) is 13.5. The fourth-order valence-electron chi connectivity index (χ4n) is 3.25. The molecular weight excluding hydrogens is 303 g/mol. The van der Waals surface area contributed by atoms with Crippen molar-refractivity contribution in [2.75, 3.05) is 31.1 Å². The minimum absolute atomic E-state index is 0.243. The molecule has 1 aromatic carbocycles. The van der Waals surface area contributed by atoms with Crippen molar-refractivity contribution in [3.63, 3.8) is 0 Å². The number of piperazine rings is 1. The third kappa shape index (κ3) is 3.08. The monoisotopic (exact) mass is 322 g/mol. The molecule has 1 aliphatic heterocycles. The first kappa shape index (κ1) is 15.0. The molecule has 0 saturated carbocycles. The summed E-state index contributed by atoms with van der Waals surface area (Å²) in [6.07, 6.45) is 3.60. The zero-order valence-electron chi connectivity index (χ0n) is 13.4. The second-order valence-electron chi connectivity index (χ2n) is 6.08. The van der Waals surface area contributed by atoms with Crippen molar-refractivity contribution in [1.29, 1.82) is 0 Å². The van der Waals surface area contributed by atoms with Crippen molar-refractivity contribution in [1.82, 2.24) is 14.9 Å². The van der Waals surface area contributed by atoms with Gasteiger partial charge >= 0.3 is 0 Å². The van der Waals surface area contributed by atoms with Gasteiger partial charge in [-0.2, -0.15) is 0 Å². The van der Waals surface area contributed by atoms with E-state index >= 15 is 0 Å². The number of fused-ring (bicyclic) bond motifs is 1. The number of anilines is 1. The Hall–Kier alpha value is -2.53. The lowest BCUT2D eigenvalue weighted by Crippen LogP contribution is -2.46. The fourth-order valence-corrected chi connectivity index (χ4v) is 3.25. The Balaban J connectivity index is 1.48. The molecule has 0 atom stereocenters. The van der Waals surface area contributed by atoms with Gasteiger partial charge in [-0.05, 0) is 30.3 Å². The molecule has 4 nitrogen and oxygen atoms in total. The molecule has 0 N–H and O–H groups in total. The third-order valence-corrected chi connectivity index (χ3v) is 4.51. The van der Waals surface area contributed by atoms with Gasteiger partial charge in [0, 0.05) is 62.3 Å². The summed E-state index contributed by atoms with van der Waals surface area (Å²) in [6, 6.07) is 12.9. The van der Waals surface area contributed by atoms with Gasteiger partial charge in [-0.25, -0.2) is 4.39 Å². The number of hydrogen-bond acceptors (Lipinski definition) is 4. The molecule has 0 unspecified atom stereocenters. The van der Waals surface area contributed by atoms with Crippen LogP contribution >= 0.6 is 0 Å². The third-order valence-electron chi connectivity index (χ3n) is 4.51. The molecule has 1 aliphatic rings. The van der Waals surface area contributed by atoms with Crippen LogP contribution in [0.4, 0.5) is 10.1 Å². The highest BCUT2D eigenvalue weighted by Crippen LogP contribution is 2.26. The van der Waals surface area contributed by atoms with Crippen molar-refractivity contribution in [3.05, 3.63) is 66.4 Å². The van der Waals surface area contributed by atoms with E-state index in [4.69, 9.17) is 0 Å². The molecule has 0 amide bonds. The molecule has 0 spiro atoms. The Morgan fingerprint density at radius 1 is 0.917 bits per heavy atom. The Labute approximate surface area is 140 Å².